The molecule has 0 spiro atoms. The van der Waals surface area contributed by atoms with Crippen LogP contribution in [-0.4, -0.2) is 30.0 Å². The number of nitro benzene ring substituents is 1. The summed E-state index contributed by atoms with van der Waals surface area (Å²) < 4.78 is 10.8. The number of hydrogen-bond donors (Lipinski definition) is 2. The molecule has 4 aromatic rings. The zero-order valence-electron chi connectivity index (χ0n) is 21.2. The number of benzene rings is 3. The monoisotopic (exact) mass is 568 g/mol. The number of pyridine rings is 1. The second kappa shape index (κ2) is 11.8. The molecular weight excluding hydrogens is 543 g/mol. The molecule has 1 heterocycles. The van der Waals surface area contributed by atoms with Crippen LogP contribution in [0.5, 0.6) is 11.5 Å². The minimum absolute atomic E-state index is 0. The number of halogens is 2. The fourth-order valence-electron chi connectivity index (χ4n) is 4.70. The summed E-state index contributed by atoms with van der Waals surface area (Å²) in [4.78, 5) is 28.5. The highest BCUT2D eigenvalue weighted by Gasteiger charge is 2.20. The van der Waals surface area contributed by atoms with E-state index in [1.807, 2.05) is 30.3 Å². The van der Waals surface area contributed by atoms with Crippen molar-refractivity contribution in [1.29, 1.82) is 0 Å². The summed E-state index contributed by atoms with van der Waals surface area (Å²) >= 11 is 5.90. The van der Waals surface area contributed by atoms with E-state index in [9.17, 15) is 14.9 Å². The van der Waals surface area contributed by atoms with Gasteiger partial charge in [0.25, 0.3) is 11.6 Å². The quantitative estimate of drug-likeness (QED) is 0.180. The van der Waals surface area contributed by atoms with Crippen molar-refractivity contribution in [1.82, 2.24) is 4.98 Å². The normalized spacial score (nSPS) is 12.2. The number of rotatable bonds is 7. The lowest BCUT2D eigenvalue weighted by Crippen LogP contribution is -2.13. The highest BCUT2D eigenvalue weighted by atomic mass is 35.5. The zero-order valence-corrected chi connectivity index (χ0v) is 22.8. The summed E-state index contributed by atoms with van der Waals surface area (Å²) in [5.74, 6) is 0.756. The SMILES string of the molecule is COc1ccc(Nc2c3c(nc4ccc(NC(=O)c5ccc(Cl)c([N+](=O)[O-])c5)cc24)CCCC3)cc1OC.Cl. The van der Waals surface area contributed by atoms with Crippen LogP contribution in [0.3, 0.4) is 0 Å². The number of hydrogen-bond acceptors (Lipinski definition) is 7. The highest BCUT2D eigenvalue weighted by Crippen LogP contribution is 2.38. The Labute approximate surface area is 236 Å². The largest absolute Gasteiger partial charge is 0.493 e. The van der Waals surface area contributed by atoms with Crippen LogP contribution < -0.4 is 20.1 Å². The number of methoxy groups -OCH3 is 2. The number of aryl methyl sites for hydroxylation is 1. The van der Waals surface area contributed by atoms with Crippen LogP contribution in [0.25, 0.3) is 10.9 Å². The van der Waals surface area contributed by atoms with Gasteiger partial charge in [-0.15, -0.1) is 12.4 Å². The van der Waals surface area contributed by atoms with Gasteiger partial charge in [0.2, 0.25) is 0 Å². The van der Waals surface area contributed by atoms with Crippen molar-refractivity contribution in [3.63, 3.8) is 0 Å². The lowest BCUT2D eigenvalue weighted by molar-refractivity contribution is -0.384. The van der Waals surface area contributed by atoms with E-state index in [2.05, 4.69) is 10.6 Å². The van der Waals surface area contributed by atoms with E-state index >= 15 is 0 Å². The van der Waals surface area contributed by atoms with E-state index < -0.39 is 10.8 Å². The van der Waals surface area contributed by atoms with E-state index in [1.165, 1.54) is 18.2 Å². The van der Waals surface area contributed by atoms with Gasteiger partial charge in [-0.2, -0.15) is 0 Å². The second-order valence-corrected chi connectivity index (χ2v) is 9.33. The van der Waals surface area contributed by atoms with E-state index in [-0.39, 0.29) is 28.7 Å². The molecule has 0 fully saturated rings. The van der Waals surface area contributed by atoms with Gasteiger partial charge in [-0.3, -0.25) is 19.9 Å². The van der Waals surface area contributed by atoms with Gasteiger partial charge in [0.1, 0.15) is 5.02 Å². The number of fused-ring (bicyclic) bond motifs is 2. The maximum atomic E-state index is 12.9. The number of aromatic nitrogens is 1. The van der Waals surface area contributed by atoms with Gasteiger partial charge >= 0.3 is 0 Å². The van der Waals surface area contributed by atoms with Crippen molar-refractivity contribution < 1.29 is 19.2 Å². The lowest BCUT2D eigenvalue weighted by atomic mass is 9.92. The number of nitro groups is 1. The third-order valence-corrected chi connectivity index (χ3v) is 6.90. The zero-order chi connectivity index (χ0) is 26.8. The molecule has 0 saturated heterocycles. The number of carbonyl (C=O) groups is 1. The lowest BCUT2D eigenvalue weighted by Gasteiger charge is -2.22. The minimum atomic E-state index is -0.615. The molecule has 0 aliphatic heterocycles. The molecule has 1 amide bonds. The molecule has 5 rings (SSSR count). The standard InChI is InChI=1S/C28H25ClN4O5.ClH/c1-37-25-12-9-18(15-26(25)38-2)30-27-19-5-3-4-6-22(19)32-23-11-8-17(14-20(23)27)31-28(34)16-7-10-21(29)24(13-16)33(35)36;/h7-15H,3-6H2,1-2H3,(H,30,32)(H,31,34);1H. The molecule has 3 aromatic carbocycles. The van der Waals surface area contributed by atoms with Crippen molar-refractivity contribution in [2.45, 2.75) is 25.7 Å². The summed E-state index contributed by atoms with van der Waals surface area (Å²) in [7, 11) is 3.19. The predicted molar refractivity (Wildman–Crippen MR) is 155 cm³/mol. The first-order chi connectivity index (χ1) is 18.4. The molecule has 0 unspecified atom stereocenters. The molecule has 202 valence electrons. The molecule has 1 aliphatic rings. The van der Waals surface area contributed by atoms with Crippen molar-refractivity contribution in [2.75, 3.05) is 24.9 Å². The summed E-state index contributed by atoms with van der Waals surface area (Å²) in [5.41, 5.74) is 5.11. The molecule has 1 aliphatic carbocycles. The topological polar surface area (TPSA) is 116 Å². The van der Waals surface area contributed by atoms with Crippen LogP contribution in [0.15, 0.2) is 54.6 Å². The first-order valence-corrected chi connectivity index (χ1v) is 12.5. The van der Waals surface area contributed by atoms with Crippen LogP contribution in [0, 0.1) is 10.1 Å². The summed E-state index contributed by atoms with van der Waals surface area (Å²) in [5, 5.41) is 18.5. The van der Waals surface area contributed by atoms with Crippen molar-refractivity contribution >= 4 is 63.6 Å². The highest BCUT2D eigenvalue weighted by molar-refractivity contribution is 6.32. The van der Waals surface area contributed by atoms with Gasteiger partial charge in [-0.1, -0.05) is 11.6 Å². The van der Waals surface area contributed by atoms with Crippen LogP contribution >= 0.6 is 24.0 Å². The number of ether oxygens (including phenoxy) is 2. The van der Waals surface area contributed by atoms with Crippen LogP contribution in [-0.2, 0) is 12.8 Å². The predicted octanol–water partition coefficient (Wildman–Crippen LogP) is 7.11. The Morgan fingerprint density at radius 1 is 0.974 bits per heavy atom. The molecular formula is C28H26Cl2N4O5. The number of carbonyl (C=O) groups excluding carboxylic acids is 1. The molecule has 2 N–H and O–H groups in total. The Hall–Kier alpha value is -4.08. The molecule has 11 heteroatoms. The average Bonchev–Trinajstić information content (AvgIpc) is 2.93. The molecule has 0 saturated carbocycles. The number of nitrogens with one attached hydrogen (secondary N) is 2. The Morgan fingerprint density at radius 3 is 2.46 bits per heavy atom. The molecule has 0 radical (unpaired) electrons. The second-order valence-electron chi connectivity index (χ2n) is 8.92. The van der Waals surface area contributed by atoms with Gasteiger partial charge in [0, 0.05) is 40.2 Å². The Kier molecular flexibility index (Phi) is 8.42. The molecule has 39 heavy (non-hydrogen) atoms. The van der Waals surface area contributed by atoms with Crippen molar-refractivity contribution in [2.24, 2.45) is 0 Å². The first-order valence-electron chi connectivity index (χ1n) is 12.1. The fraction of sp³-hybridized carbons (Fsp3) is 0.214. The minimum Gasteiger partial charge on any atom is -0.493 e. The third-order valence-electron chi connectivity index (χ3n) is 6.58. The van der Waals surface area contributed by atoms with E-state index in [0.717, 1.165) is 59.2 Å². The summed E-state index contributed by atoms with van der Waals surface area (Å²) in [6, 6.07) is 15.1. The van der Waals surface area contributed by atoms with Crippen LogP contribution in [0.2, 0.25) is 5.02 Å². The van der Waals surface area contributed by atoms with E-state index in [1.54, 1.807) is 20.3 Å². The fourth-order valence-corrected chi connectivity index (χ4v) is 4.89. The van der Waals surface area contributed by atoms with E-state index in [0.29, 0.717) is 17.2 Å². The molecule has 9 nitrogen and oxygen atoms in total. The van der Waals surface area contributed by atoms with E-state index in [4.69, 9.17) is 26.1 Å². The maximum Gasteiger partial charge on any atom is 0.288 e. The van der Waals surface area contributed by atoms with Gasteiger partial charge in [-0.05, 0) is 73.7 Å². The van der Waals surface area contributed by atoms with Gasteiger partial charge in [-0.25, -0.2) is 0 Å². The average molecular weight is 569 g/mol. The smallest absolute Gasteiger partial charge is 0.288 e. The Morgan fingerprint density at radius 2 is 1.72 bits per heavy atom. The van der Waals surface area contributed by atoms with Gasteiger partial charge < -0.3 is 20.1 Å². The first kappa shape index (κ1) is 27.9. The number of amides is 1. The molecule has 0 bridgehead atoms. The number of nitrogens with zero attached hydrogens (tertiary/aromatic N) is 2. The number of anilines is 3. The Balaban J connectivity index is 0.00000353. The van der Waals surface area contributed by atoms with Gasteiger partial charge in [0.05, 0.1) is 30.3 Å². The van der Waals surface area contributed by atoms with Crippen LogP contribution in [0.1, 0.15) is 34.5 Å². The summed E-state index contributed by atoms with van der Waals surface area (Å²) in [6.45, 7) is 0. The van der Waals surface area contributed by atoms with Crippen LogP contribution in [0.4, 0.5) is 22.7 Å². The Bertz CT molecular complexity index is 1580. The maximum absolute atomic E-state index is 12.9. The van der Waals surface area contributed by atoms with Gasteiger partial charge in [0.15, 0.2) is 11.5 Å². The molecule has 0 atom stereocenters. The third kappa shape index (κ3) is 5.69. The van der Waals surface area contributed by atoms with Crippen molar-refractivity contribution in [3.8, 4) is 11.5 Å². The van der Waals surface area contributed by atoms with Crippen molar-refractivity contribution in [3.05, 3.63) is 86.6 Å². The molecule has 1 aromatic heterocycles. The summed E-state index contributed by atoms with van der Waals surface area (Å²) in [6.07, 6.45) is 3.94.